The predicted octanol–water partition coefficient (Wildman–Crippen LogP) is 3.02. The molecule has 100 valence electrons. The van der Waals surface area contributed by atoms with Crippen molar-refractivity contribution >= 4 is 11.8 Å². The number of aromatic nitrogens is 2. The average Bonchev–Trinajstić information content (AvgIpc) is 2.48. The molecule has 0 unspecified atom stereocenters. The molecule has 0 N–H and O–H groups in total. The van der Waals surface area contributed by atoms with E-state index in [-0.39, 0.29) is 0 Å². The fourth-order valence-electron chi connectivity index (χ4n) is 1.75. The SMILES string of the molecule is COc1ncc(-c2ccc(CSC)cc2)c(OC)n1. The van der Waals surface area contributed by atoms with Crippen LogP contribution in [0.5, 0.6) is 11.9 Å². The number of hydrogen-bond acceptors (Lipinski definition) is 5. The van der Waals surface area contributed by atoms with Gasteiger partial charge in [-0.25, -0.2) is 4.98 Å². The summed E-state index contributed by atoms with van der Waals surface area (Å²) in [6.45, 7) is 0. The van der Waals surface area contributed by atoms with Crippen molar-refractivity contribution in [2.24, 2.45) is 0 Å². The van der Waals surface area contributed by atoms with Crippen LogP contribution in [-0.4, -0.2) is 30.4 Å². The van der Waals surface area contributed by atoms with E-state index in [2.05, 4.69) is 40.5 Å². The molecule has 0 aliphatic carbocycles. The Labute approximate surface area is 117 Å². The van der Waals surface area contributed by atoms with Crippen molar-refractivity contribution in [2.75, 3.05) is 20.5 Å². The molecule has 0 amide bonds. The van der Waals surface area contributed by atoms with Gasteiger partial charge in [-0.05, 0) is 17.4 Å². The molecule has 4 nitrogen and oxygen atoms in total. The van der Waals surface area contributed by atoms with E-state index in [9.17, 15) is 0 Å². The van der Waals surface area contributed by atoms with E-state index in [0.717, 1.165) is 16.9 Å². The van der Waals surface area contributed by atoms with Crippen LogP contribution in [0.3, 0.4) is 0 Å². The van der Waals surface area contributed by atoms with Crippen molar-refractivity contribution in [3.8, 4) is 23.0 Å². The lowest BCUT2D eigenvalue weighted by molar-refractivity contribution is 0.353. The lowest BCUT2D eigenvalue weighted by Crippen LogP contribution is -1.97. The van der Waals surface area contributed by atoms with Gasteiger partial charge in [-0.3, -0.25) is 0 Å². The zero-order chi connectivity index (χ0) is 13.7. The van der Waals surface area contributed by atoms with Gasteiger partial charge in [0.25, 0.3) is 0 Å². The first-order chi connectivity index (χ1) is 9.28. The number of hydrogen-bond donors (Lipinski definition) is 0. The molecule has 5 heteroatoms. The van der Waals surface area contributed by atoms with Crippen molar-refractivity contribution in [1.82, 2.24) is 9.97 Å². The fourth-order valence-corrected chi connectivity index (χ4v) is 2.28. The minimum absolute atomic E-state index is 0.305. The summed E-state index contributed by atoms with van der Waals surface area (Å²) in [6, 6.07) is 8.63. The molecule has 0 aliphatic rings. The minimum atomic E-state index is 0.305. The first kappa shape index (κ1) is 13.7. The highest BCUT2D eigenvalue weighted by Crippen LogP contribution is 2.29. The van der Waals surface area contributed by atoms with Gasteiger partial charge in [-0.15, -0.1) is 0 Å². The maximum Gasteiger partial charge on any atom is 0.319 e. The third-order valence-corrected chi connectivity index (χ3v) is 3.31. The van der Waals surface area contributed by atoms with Gasteiger partial charge in [0.15, 0.2) is 0 Å². The Bertz CT molecular complexity index is 544. The van der Waals surface area contributed by atoms with E-state index in [0.29, 0.717) is 11.9 Å². The van der Waals surface area contributed by atoms with Gasteiger partial charge in [-0.2, -0.15) is 16.7 Å². The smallest absolute Gasteiger partial charge is 0.319 e. The molecule has 1 heterocycles. The van der Waals surface area contributed by atoms with Crippen molar-refractivity contribution in [3.63, 3.8) is 0 Å². The number of nitrogens with zero attached hydrogens (tertiary/aromatic N) is 2. The first-order valence-electron chi connectivity index (χ1n) is 5.81. The van der Waals surface area contributed by atoms with Crippen molar-refractivity contribution < 1.29 is 9.47 Å². The molecule has 19 heavy (non-hydrogen) atoms. The van der Waals surface area contributed by atoms with Crippen LogP contribution < -0.4 is 9.47 Å². The van der Waals surface area contributed by atoms with E-state index in [4.69, 9.17) is 9.47 Å². The number of ether oxygens (including phenoxy) is 2. The van der Waals surface area contributed by atoms with Crippen LogP contribution in [0.2, 0.25) is 0 Å². The molecule has 1 aromatic heterocycles. The van der Waals surface area contributed by atoms with E-state index >= 15 is 0 Å². The van der Waals surface area contributed by atoms with Crippen molar-refractivity contribution in [3.05, 3.63) is 36.0 Å². The van der Waals surface area contributed by atoms with Gasteiger partial charge in [0.1, 0.15) is 0 Å². The quantitative estimate of drug-likeness (QED) is 0.840. The number of benzene rings is 1. The maximum absolute atomic E-state index is 5.28. The Morgan fingerprint density at radius 2 is 1.84 bits per heavy atom. The molecule has 0 saturated carbocycles. The topological polar surface area (TPSA) is 44.2 Å². The minimum Gasteiger partial charge on any atom is -0.480 e. The molecule has 2 aromatic rings. The van der Waals surface area contributed by atoms with Gasteiger partial charge in [0, 0.05) is 11.9 Å². The average molecular weight is 276 g/mol. The second-order valence-corrected chi connectivity index (χ2v) is 4.78. The van der Waals surface area contributed by atoms with Crippen LogP contribution in [0.25, 0.3) is 11.1 Å². The molecular weight excluding hydrogens is 260 g/mol. The van der Waals surface area contributed by atoms with Gasteiger partial charge in [0.05, 0.1) is 19.8 Å². The summed E-state index contributed by atoms with van der Waals surface area (Å²) in [4.78, 5) is 8.31. The Morgan fingerprint density at radius 1 is 1.11 bits per heavy atom. The summed E-state index contributed by atoms with van der Waals surface area (Å²) in [7, 11) is 3.12. The molecular formula is C14H16N2O2S. The molecule has 1 aromatic carbocycles. The normalized spacial score (nSPS) is 10.3. The Kier molecular flexibility index (Phi) is 4.63. The lowest BCUT2D eigenvalue weighted by Gasteiger charge is -2.09. The van der Waals surface area contributed by atoms with Crippen LogP contribution in [0.1, 0.15) is 5.56 Å². The first-order valence-corrected chi connectivity index (χ1v) is 7.21. The summed E-state index contributed by atoms with van der Waals surface area (Å²) >= 11 is 1.80. The van der Waals surface area contributed by atoms with Crippen molar-refractivity contribution in [2.45, 2.75) is 5.75 Å². The Balaban J connectivity index is 2.35. The van der Waals surface area contributed by atoms with Gasteiger partial charge >= 0.3 is 6.01 Å². The third-order valence-electron chi connectivity index (χ3n) is 2.68. The summed E-state index contributed by atoms with van der Waals surface area (Å²) in [5.74, 6) is 1.53. The van der Waals surface area contributed by atoms with Crippen LogP contribution in [-0.2, 0) is 5.75 Å². The molecule has 0 spiro atoms. The molecule has 0 saturated heterocycles. The van der Waals surface area contributed by atoms with Gasteiger partial charge in [-0.1, -0.05) is 24.3 Å². The molecule has 2 rings (SSSR count). The monoisotopic (exact) mass is 276 g/mol. The highest BCUT2D eigenvalue weighted by molar-refractivity contribution is 7.97. The second kappa shape index (κ2) is 6.43. The van der Waals surface area contributed by atoms with Crippen LogP contribution >= 0.6 is 11.8 Å². The molecule has 0 aliphatic heterocycles. The van der Waals surface area contributed by atoms with Gasteiger partial charge < -0.3 is 9.47 Å². The number of rotatable bonds is 5. The highest BCUT2D eigenvalue weighted by atomic mass is 32.2. The summed E-state index contributed by atoms with van der Waals surface area (Å²) in [5, 5.41) is 0. The maximum atomic E-state index is 5.28. The van der Waals surface area contributed by atoms with Crippen LogP contribution in [0.4, 0.5) is 0 Å². The molecule has 0 atom stereocenters. The standard InChI is InChI=1S/C14H16N2O2S/c1-17-13-12(8-15-14(16-13)18-2)11-6-4-10(5-7-11)9-19-3/h4-8H,9H2,1-3H3. The van der Waals surface area contributed by atoms with E-state index in [1.54, 1.807) is 25.1 Å². The second-order valence-electron chi connectivity index (χ2n) is 3.91. The van der Waals surface area contributed by atoms with E-state index in [1.165, 1.54) is 12.7 Å². The van der Waals surface area contributed by atoms with Gasteiger partial charge in [0.2, 0.25) is 5.88 Å². The summed E-state index contributed by atoms with van der Waals surface area (Å²) in [5.41, 5.74) is 3.19. The molecule has 0 bridgehead atoms. The summed E-state index contributed by atoms with van der Waals surface area (Å²) in [6.07, 6.45) is 3.81. The predicted molar refractivity (Wildman–Crippen MR) is 77.8 cm³/mol. The van der Waals surface area contributed by atoms with E-state index < -0.39 is 0 Å². The largest absolute Gasteiger partial charge is 0.480 e. The zero-order valence-corrected chi connectivity index (χ0v) is 12.0. The zero-order valence-electron chi connectivity index (χ0n) is 11.2. The molecule has 0 radical (unpaired) electrons. The van der Waals surface area contributed by atoms with Crippen LogP contribution in [0, 0.1) is 0 Å². The van der Waals surface area contributed by atoms with Crippen LogP contribution in [0.15, 0.2) is 30.5 Å². The number of methoxy groups -OCH3 is 2. The van der Waals surface area contributed by atoms with E-state index in [1.807, 2.05) is 0 Å². The lowest BCUT2D eigenvalue weighted by atomic mass is 10.1. The fraction of sp³-hybridized carbons (Fsp3) is 0.286. The highest BCUT2D eigenvalue weighted by Gasteiger charge is 2.10. The Morgan fingerprint density at radius 3 is 2.42 bits per heavy atom. The molecule has 0 fully saturated rings. The third kappa shape index (κ3) is 3.17. The number of thioether (sulfide) groups is 1. The van der Waals surface area contributed by atoms with Crippen molar-refractivity contribution in [1.29, 1.82) is 0 Å². The Hall–Kier alpha value is -1.75. The summed E-state index contributed by atoms with van der Waals surface area (Å²) < 4.78 is 10.3.